The van der Waals surface area contributed by atoms with E-state index in [-0.39, 0.29) is 30.8 Å². The van der Waals surface area contributed by atoms with Crippen LogP contribution in [0, 0.1) is 11.8 Å². The average molecular weight is 515 g/mol. The van der Waals surface area contributed by atoms with E-state index in [2.05, 4.69) is 20.9 Å². The number of aliphatic carboxylic acids is 1. The van der Waals surface area contributed by atoms with Crippen LogP contribution in [0.25, 0.3) is 0 Å². The van der Waals surface area contributed by atoms with Gasteiger partial charge in [-0.2, -0.15) is 0 Å². The molecule has 12 N–H and O–H groups in total. The summed E-state index contributed by atoms with van der Waals surface area (Å²) in [7, 11) is 0. The second-order valence-electron chi connectivity index (χ2n) is 9.34. The highest BCUT2D eigenvalue weighted by molar-refractivity contribution is 5.94. The Kier molecular flexibility index (Phi) is 16.1. The Morgan fingerprint density at radius 3 is 1.94 bits per heavy atom. The van der Waals surface area contributed by atoms with Crippen molar-refractivity contribution in [2.24, 2.45) is 39.8 Å². The summed E-state index contributed by atoms with van der Waals surface area (Å²) in [6.07, 6.45) is 2.54. The Labute approximate surface area is 213 Å². The molecule has 36 heavy (non-hydrogen) atoms. The second-order valence-corrected chi connectivity index (χ2v) is 9.34. The number of carboxylic acid groups (broad SMARTS) is 1. The molecule has 0 aliphatic carbocycles. The van der Waals surface area contributed by atoms with Gasteiger partial charge in [-0.15, -0.1) is 0 Å². The molecule has 5 atom stereocenters. The van der Waals surface area contributed by atoms with Crippen molar-refractivity contribution in [1.82, 2.24) is 16.0 Å². The van der Waals surface area contributed by atoms with Gasteiger partial charge in [0.2, 0.25) is 17.7 Å². The molecule has 0 aromatic rings. The predicted octanol–water partition coefficient (Wildman–Crippen LogP) is -1.26. The van der Waals surface area contributed by atoms with Crippen LogP contribution in [0.4, 0.5) is 0 Å². The fraction of sp³-hybridized carbons (Fsp3) is 0.783. The third kappa shape index (κ3) is 12.7. The molecule has 0 aromatic heterocycles. The number of guanidine groups is 1. The summed E-state index contributed by atoms with van der Waals surface area (Å²) < 4.78 is 0. The van der Waals surface area contributed by atoms with Crippen LogP contribution in [0.3, 0.4) is 0 Å². The topological polar surface area (TPSA) is 241 Å². The van der Waals surface area contributed by atoms with Gasteiger partial charge in [-0.05, 0) is 50.5 Å². The minimum atomic E-state index is -1.21. The summed E-state index contributed by atoms with van der Waals surface area (Å²) in [4.78, 5) is 54.2. The van der Waals surface area contributed by atoms with Crippen LogP contribution in [-0.2, 0) is 19.2 Å². The molecule has 0 aliphatic heterocycles. The number of hydrogen-bond donors (Lipinski definition) is 8. The zero-order valence-electron chi connectivity index (χ0n) is 22.0. The molecule has 0 spiro atoms. The van der Waals surface area contributed by atoms with Crippen molar-refractivity contribution in [2.45, 2.75) is 90.4 Å². The lowest BCUT2D eigenvalue weighted by atomic mass is 9.96. The van der Waals surface area contributed by atoms with Gasteiger partial charge in [-0.3, -0.25) is 19.4 Å². The predicted molar refractivity (Wildman–Crippen MR) is 139 cm³/mol. The molecular weight excluding hydrogens is 468 g/mol. The van der Waals surface area contributed by atoms with E-state index in [1.54, 1.807) is 20.8 Å². The van der Waals surface area contributed by atoms with Crippen molar-refractivity contribution < 1.29 is 24.3 Å². The van der Waals surface area contributed by atoms with E-state index >= 15 is 0 Å². The monoisotopic (exact) mass is 514 g/mol. The van der Waals surface area contributed by atoms with Gasteiger partial charge < -0.3 is 44.0 Å². The fourth-order valence-corrected chi connectivity index (χ4v) is 3.31. The second kappa shape index (κ2) is 17.5. The highest BCUT2D eigenvalue weighted by Gasteiger charge is 2.32. The first-order chi connectivity index (χ1) is 16.8. The van der Waals surface area contributed by atoms with Gasteiger partial charge in [-0.25, -0.2) is 4.79 Å². The van der Waals surface area contributed by atoms with E-state index in [0.717, 1.165) is 0 Å². The van der Waals surface area contributed by atoms with Crippen LogP contribution in [0.5, 0.6) is 0 Å². The molecule has 0 radical (unpaired) electrons. The van der Waals surface area contributed by atoms with Gasteiger partial charge >= 0.3 is 5.97 Å². The normalized spacial score (nSPS) is 15.2. The number of nitrogens with two attached hydrogens (primary N) is 4. The van der Waals surface area contributed by atoms with E-state index in [0.29, 0.717) is 38.6 Å². The third-order valence-electron chi connectivity index (χ3n) is 5.95. The Morgan fingerprint density at radius 1 is 0.861 bits per heavy atom. The Hall–Kier alpha value is -2.93. The maximum atomic E-state index is 13.2. The smallest absolute Gasteiger partial charge is 0.326 e. The zero-order valence-corrected chi connectivity index (χ0v) is 22.0. The molecule has 3 amide bonds. The summed E-state index contributed by atoms with van der Waals surface area (Å²) in [5.74, 6) is -3.38. The van der Waals surface area contributed by atoms with Crippen LogP contribution in [0.2, 0.25) is 0 Å². The lowest BCUT2D eigenvalue weighted by Gasteiger charge is -2.28. The summed E-state index contributed by atoms with van der Waals surface area (Å²) in [5, 5.41) is 17.4. The van der Waals surface area contributed by atoms with E-state index in [9.17, 15) is 24.3 Å². The number of nitrogens with one attached hydrogen (secondary N) is 3. The Morgan fingerprint density at radius 2 is 1.44 bits per heavy atom. The minimum absolute atomic E-state index is 0.101. The Bertz CT molecular complexity index is 742. The standard InChI is InChI=1S/C23H46N8O5/c1-5-14(4)18(21(34)30-16(22(35)36)10-8-12-28-23(26)27)31-19(32)15(9-6-7-11-24)29-20(33)17(25)13(2)3/h13-18H,5-12,24-25H2,1-4H3,(H,29,33)(H,30,34)(H,31,32)(H,35,36)(H4,26,27,28). The molecule has 13 heteroatoms. The van der Waals surface area contributed by atoms with Crippen molar-refractivity contribution >= 4 is 29.7 Å². The molecule has 0 bridgehead atoms. The first-order valence-corrected chi connectivity index (χ1v) is 12.5. The van der Waals surface area contributed by atoms with Crippen LogP contribution in [-0.4, -0.2) is 72.0 Å². The molecule has 13 nitrogen and oxygen atoms in total. The maximum absolute atomic E-state index is 13.2. The van der Waals surface area contributed by atoms with Gasteiger partial charge in [0.15, 0.2) is 5.96 Å². The fourth-order valence-electron chi connectivity index (χ4n) is 3.31. The number of unbranched alkanes of at least 4 members (excludes halogenated alkanes) is 1. The van der Waals surface area contributed by atoms with Crippen molar-refractivity contribution in [3.8, 4) is 0 Å². The lowest BCUT2D eigenvalue weighted by Crippen LogP contribution is -2.59. The van der Waals surface area contributed by atoms with E-state index in [1.165, 1.54) is 0 Å². The summed E-state index contributed by atoms with van der Waals surface area (Å²) in [6.45, 7) is 7.88. The zero-order chi connectivity index (χ0) is 27.8. The van der Waals surface area contributed by atoms with Gasteiger partial charge in [0.1, 0.15) is 18.1 Å². The average Bonchev–Trinajstić information content (AvgIpc) is 2.81. The van der Waals surface area contributed by atoms with Gasteiger partial charge in [0.25, 0.3) is 0 Å². The number of amides is 3. The molecule has 0 fully saturated rings. The van der Waals surface area contributed by atoms with Crippen LogP contribution in [0.1, 0.15) is 66.2 Å². The van der Waals surface area contributed by atoms with Crippen molar-refractivity contribution in [3.05, 3.63) is 0 Å². The minimum Gasteiger partial charge on any atom is -0.480 e. The van der Waals surface area contributed by atoms with Crippen LogP contribution >= 0.6 is 0 Å². The number of hydrogen-bond acceptors (Lipinski definition) is 7. The number of carboxylic acids is 1. The highest BCUT2D eigenvalue weighted by atomic mass is 16.4. The van der Waals surface area contributed by atoms with Gasteiger partial charge in [0.05, 0.1) is 6.04 Å². The van der Waals surface area contributed by atoms with E-state index in [1.807, 2.05) is 6.92 Å². The molecule has 0 saturated carbocycles. The Balaban J connectivity index is 5.52. The maximum Gasteiger partial charge on any atom is 0.326 e. The van der Waals surface area contributed by atoms with Crippen molar-refractivity contribution in [3.63, 3.8) is 0 Å². The van der Waals surface area contributed by atoms with Gasteiger partial charge in [-0.1, -0.05) is 34.1 Å². The molecule has 0 rings (SSSR count). The molecule has 0 aliphatic rings. The number of carbonyl (C=O) groups is 4. The molecule has 0 saturated heterocycles. The molecule has 5 unspecified atom stereocenters. The SMILES string of the molecule is CCC(C)C(NC(=O)C(CCCCN)NC(=O)C(N)C(C)C)C(=O)NC(CCCN=C(N)N)C(=O)O. The molecule has 208 valence electrons. The number of carbonyl (C=O) groups excluding carboxylic acids is 3. The highest BCUT2D eigenvalue weighted by Crippen LogP contribution is 2.11. The van der Waals surface area contributed by atoms with E-state index < -0.39 is 47.9 Å². The molecule has 0 heterocycles. The summed E-state index contributed by atoms with van der Waals surface area (Å²) in [5.41, 5.74) is 22.0. The largest absolute Gasteiger partial charge is 0.480 e. The number of aliphatic imine (C=N–C) groups is 1. The van der Waals surface area contributed by atoms with Crippen molar-refractivity contribution in [1.29, 1.82) is 0 Å². The van der Waals surface area contributed by atoms with Crippen molar-refractivity contribution in [2.75, 3.05) is 13.1 Å². The first-order valence-electron chi connectivity index (χ1n) is 12.5. The third-order valence-corrected chi connectivity index (χ3v) is 5.95. The quantitative estimate of drug-likeness (QED) is 0.0617. The summed E-state index contributed by atoms with van der Waals surface area (Å²) in [6, 6.07) is -3.89. The van der Waals surface area contributed by atoms with Gasteiger partial charge in [0, 0.05) is 6.54 Å². The lowest BCUT2D eigenvalue weighted by molar-refractivity contribution is -0.143. The molecular formula is C23H46N8O5. The van der Waals surface area contributed by atoms with Crippen LogP contribution < -0.4 is 38.9 Å². The van der Waals surface area contributed by atoms with E-state index in [4.69, 9.17) is 22.9 Å². The number of nitrogens with zero attached hydrogens (tertiary/aromatic N) is 1. The van der Waals surface area contributed by atoms with Crippen LogP contribution in [0.15, 0.2) is 4.99 Å². The number of rotatable bonds is 18. The first kappa shape index (κ1) is 33.1. The summed E-state index contributed by atoms with van der Waals surface area (Å²) >= 11 is 0. The molecule has 0 aromatic carbocycles.